The van der Waals surface area contributed by atoms with Gasteiger partial charge in [0.15, 0.2) is 0 Å². The second-order valence-corrected chi connectivity index (χ2v) is 2.74. The molecule has 0 radical (unpaired) electrons. The van der Waals surface area contributed by atoms with E-state index < -0.39 is 5.82 Å². The minimum Gasteiger partial charge on any atom is -0.345 e. The molecular formula is C10H6FN3. The summed E-state index contributed by atoms with van der Waals surface area (Å²) in [5.74, 6) is 0.0646. The van der Waals surface area contributed by atoms with Crippen LogP contribution in [0, 0.1) is 17.1 Å². The molecule has 0 spiro atoms. The Balaban J connectivity index is 2.49. The predicted octanol–water partition coefficient (Wildman–Crippen LogP) is 2.09. The summed E-state index contributed by atoms with van der Waals surface area (Å²) in [6.45, 7) is 0. The Bertz CT molecular complexity index is 483. The zero-order chi connectivity index (χ0) is 9.97. The molecule has 0 atom stereocenters. The first-order valence-electron chi connectivity index (χ1n) is 4.00. The fourth-order valence-corrected chi connectivity index (χ4v) is 1.18. The zero-order valence-electron chi connectivity index (χ0n) is 7.16. The summed E-state index contributed by atoms with van der Waals surface area (Å²) in [7, 11) is 0. The standard InChI is InChI=1S/C10H6FN3/c11-9-5-7(1-2-8(9)6-12)10-13-3-4-14-10/h1-5H,(H,13,14). The maximum atomic E-state index is 13.2. The molecule has 2 rings (SSSR count). The number of rotatable bonds is 1. The van der Waals surface area contributed by atoms with E-state index in [4.69, 9.17) is 5.26 Å². The van der Waals surface area contributed by atoms with Crippen molar-refractivity contribution in [2.45, 2.75) is 0 Å². The fourth-order valence-electron chi connectivity index (χ4n) is 1.18. The van der Waals surface area contributed by atoms with Gasteiger partial charge < -0.3 is 4.98 Å². The third kappa shape index (κ3) is 1.36. The molecule has 1 aromatic heterocycles. The largest absolute Gasteiger partial charge is 0.345 e. The molecule has 3 nitrogen and oxygen atoms in total. The van der Waals surface area contributed by atoms with E-state index in [1.807, 2.05) is 0 Å². The number of halogens is 1. The van der Waals surface area contributed by atoms with E-state index in [2.05, 4.69) is 9.97 Å². The maximum Gasteiger partial charge on any atom is 0.141 e. The number of H-pyrrole nitrogens is 1. The van der Waals surface area contributed by atoms with Crippen molar-refractivity contribution >= 4 is 0 Å². The summed E-state index contributed by atoms with van der Waals surface area (Å²) in [5, 5.41) is 8.53. The topological polar surface area (TPSA) is 52.5 Å². The molecule has 0 fully saturated rings. The van der Waals surface area contributed by atoms with E-state index in [1.165, 1.54) is 12.1 Å². The van der Waals surface area contributed by atoms with Crippen LogP contribution in [0.4, 0.5) is 4.39 Å². The summed E-state index contributed by atoms with van der Waals surface area (Å²) in [6, 6.07) is 6.14. The van der Waals surface area contributed by atoms with Gasteiger partial charge in [-0.3, -0.25) is 0 Å². The van der Waals surface area contributed by atoms with Crippen LogP contribution < -0.4 is 0 Å². The molecule has 0 saturated carbocycles. The van der Waals surface area contributed by atoms with Gasteiger partial charge in [-0.25, -0.2) is 9.37 Å². The number of hydrogen-bond donors (Lipinski definition) is 1. The quantitative estimate of drug-likeness (QED) is 0.743. The van der Waals surface area contributed by atoms with Crippen LogP contribution in [0.5, 0.6) is 0 Å². The molecule has 4 heteroatoms. The van der Waals surface area contributed by atoms with Gasteiger partial charge in [0.05, 0.1) is 5.56 Å². The molecule has 0 amide bonds. The average molecular weight is 187 g/mol. The van der Waals surface area contributed by atoms with Crippen LogP contribution in [-0.2, 0) is 0 Å². The summed E-state index contributed by atoms with van der Waals surface area (Å²) >= 11 is 0. The smallest absolute Gasteiger partial charge is 0.141 e. The Morgan fingerprint density at radius 1 is 1.43 bits per heavy atom. The van der Waals surface area contributed by atoms with Crippen LogP contribution in [0.15, 0.2) is 30.6 Å². The molecule has 0 saturated heterocycles. The lowest BCUT2D eigenvalue weighted by Gasteiger charge is -1.97. The van der Waals surface area contributed by atoms with Crippen molar-refractivity contribution in [3.05, 3.63) is 42.0 Å². The highest BCUT2D eigenvalue weighted by molar-refractivity contribution is 5.56. The molecule has 1 aromatic carbocycles. The molecule has 2 aromatic rings. The van der Waals surface area contributed by atoms with Gasteiger partial charge in [0.1, 0.15) is 17.7 Å². The van der Waals surface area contributed by atoms with Gasteiger partial charge in [0, 0.05) is 18.0 Å². The molecule has 0 aliphatic heterocycles. The van der Waals surface area contributed by atoms with Gasteiger partial charge in [-0.15, -0.1) is 0 Å². The highest BCUT2D eigenvalue weighted by atomic mass is 19.1. The summed E-state index contributed by atoms with van der Waals surface area (Å²) < 4.78 is 13.2. The maximum absolute atomic E-state index is 13.2. The van der Waals surface area contributed by atoms with Gasteiger partial charge in [-0.1, -0.05) is 0 Å². The molecule has 1 N–H and O–H groups in total. The lowest BCUT2D eigenvalue weighted by atomic mass is 10.1. The molecular weight excluding hydrogens is 181 g/mol. The summed E-state index contributed by atoms with van der Waals surface area (Å²) in [4.78, 5) is 6.84. The Labute approximate surface area is 79.8 Å². The van der Waals surface area contributed by atoms with Crippen LogP contribution in [0.3, 0.4) is 0 Å². The fraction of sp³-hybridized carbons (Fsp3) is 0. The minimum absolute atomic E-state index is 0.0420. The third-order valence-corrected chi connectivity index (χ3v) is 1.86. The van der Waals surface area contributed by atoms with Crippen LogP contribution in [0.1, 0.15) is 5.56 Å². The van der Waals surface area contributed by atoms with Crippen molar-refractivity contribution < 1.29 is 4.39 Å². The summed E-state index contributed by atoms with van der Waals surface area (Å²) in [6.07, 6.45) is 3.25. The van der Waals surface area contributed by atoms with Crippen molar-refractivity contribution in [2.24, 2.45) is 0 Å². The van der Waals surface area contributed by atoms with Crippen LogP contribution >= 0.6 is 0 Å². The number of nitrogens with one attached hydrogen (secondary N) is 1. The second kappa shape index (κ2) is 3.30. The molecule has 68 valence electrons. The van der Waals surface area contributed by atoms with E-state index in [1.54, 1.807) is 24.5 Å². The van der Waals surface area contributed by atoms with Gasteiger partial charge in [-0.2, -0.15) is 5.26 Å². The monoisotopic (exact) mass is 187 g/mol. The van der Waals surface area contributed by atoms with Crippen molar-refractivity contribution in [1.29, 1.82) is 5.26 Å². The van der Waals surface area contributed by atoms with Gasteiger partial charge >= 0.3 is 0 Å². The summed E-state index contributed by atoms with van der Waals surface area (Å²) in [5.41, 5.74) is 0.673. The van der Waals surface area contributed by atoms with Crippen molar-refractivity contribution in [1.82, 2.24) is 9.97 Å². The first-order valence-corrected chi connectivity index (χ1v) is 4.00. The molecule has 0 aliphatic rings. The highest BCUT2D eigenvalue weighted by Gasteiger charge is 2.05. The normalized spacial score (nSPS) is 9.71. The Morgan fingerprint density at radius 2 is 2.29 bits per heavy atom. The van der Waals surface area contributed by atoms with E-state index in [9.17, 15) is 4.39 Å². The molecule has 0 aliphatic carbocycles. The Morgan fingerprint density at radius 3 is 2.86 bits per heavy atom. The van der Waals surface area contributed by atoms with E-state index in [-0.39, 0.29) is 5.56 Å². The molecule has 14 heavy (non-hydrogen) atoms. The Hall–Kier alpha value is -2.15. The first kappa shape index (κ1) is 8.45. The van der Waals surface area contributed by atoms with Crippen LogP contribution in [-0.4, -0.2) is 9.97 Å². The van der Waals surface area contributed by atoms with Gasteiger partial charge in [0.2, 0.25) is 0 Å². The van der Waals surface area contributed by atoms with Crippen LogP contribution in [0.25, 0.3) is 11.4 Å². The average Bonchev–Trinajstić information content (AvgIpc) is 2.70. The second-order valence-electron chi connectivity index (χ2n) is 2.74. The molecule has 0 bridgehead atoms. The minimum atomic E-state index is -0.526. The van der Waals surface area contributed by atoms with Crippen molar-refractivity contribution in [3.63, 3.8) is 0 Å². The lowest BCUT2D eigenvalue weighted by molar-refractivity contribution is 0.624. The first-order chi connectivity index (χ1) is 6.81. The van der Waals surface area contributed by atoms with E-state index in [0.29, 0.717) is 11.4 Å². The number of aromatic nitrogens is 2. The number of hydrogen-bond acceptors (Lipinski definition) is 2. The van der Waals surface area contributed by atoms with Crippen LogP contribution in [0.2, 0.25) is 0 Å². The number of nitriles is 1. The van der Waals surface area contributed by atoms with Crippen molar-refractivity contribution in [2.75, 3.05) is 0 Å². The third-order valence-electron chi connectivity index (χ3n) is 1.86. The number of aromatic amines is 1. The lowest BCUT2D eigenvalue weighted by Crippen LogP contribution is -1.86. The van der Waals surface area contributed by atoms with Crippen molar-refractivity contribution in [3.8, 4) is 17.5 Å². The number of benzene rings is 1. The van der Waals surface area contributed by atoms with Gasteiger partial charge in [0.25, 0.3) is 0 Å². The van der Waals surface area contributed by atoms with E-state index in [0.717, 1.165) is 0 Å². The number of nitrogens with zero attached hydrogens (tertiary/aromatic N) is 2. The zero-order valence-corrected chi connectivity index (χ0v) is 7.16. The predicted molar refractivity (Wildman–Crippen MR) is 48.7 cm³/mol. The SMILES string of the molecule is N#Cc1ccc(-c2ncc[nH]2)cc1F. The van der Waals surface area contributed by atoms with Gasteiger partial charge in [-0.05, 0) is 18.2 Å². The molecule has 0 unspecified atom stereocenters. The molecule has 1 heterocycles. The highest BCUT2D eigenvalue weighted by Crippen LogP contribution is 2.17. The Kier molecular flexibility index (Phi) is 1.99. The number of imidazole rings is 1. The van der Waals surface area contributed by atoms with E-state index >= 15 is 0 Å².